The van der Waals surface area contributed by atoms with Crippen LogP contribution >= 0.6 is 12.2 Å². The number of likely N-dealkylation sites (tertiary alicyclic amines) is 1. The minimum absolute atomic E-state index is 0.366. The zero-order valence-electron chi connectivity index (χ0n) is 14.9. The predicted molar refractivity (Wildman–Crippen MR) is 110 cm³/mol. The van der Waals surface area contributed by atoms with Crippen molar-refractivity contribution in [2.45, 2.75) is 32.1 Å². The van der Waals surface area contributed by atoms with Crippen LogP contribution in [0.3, 0.4) is 0 Å². The van der Waals surface area contributed by atoms with Gasteiger partial charge < -0.3 is 14.6 Å². The molecular weight excluding hydrogens is 342 g/mol. The number of aromatic nitrogens is 1. The van der Waals surface area contributed by atoms with Crippen LogP contribution in [-0.4, -0.2) is 28.1 Å². The second-order valence-electron chi connectivity index (χ2n) is 6.76. The fourth-order valence-electron chi connectivity index (χ4n) is 3.42. The molecule has 1 N–H and O–H groups in total. The molecule has 26 heavy (non-hydrogen) atoms. The summed E-state index contributed by atoms with van der Waals surface area (Å²) in [6.07, 6.45) is 3.06. The second kappa shape index (κ2) is 7.46. The molecule has 5 heteroatoms. The molecule has 1 fully saturated rings. The van der Waals surface area contributed by atoms with Gasteiger partial charge in [0.15, 0.2) is 16.6 Å². The maximum Gasteiger partial charge on any atom is 0.198 e. The summed E-state index contributed by atoms with van der Waals surface area (Å²) in [6, 6.07) is 16.4. The number of nitrogens with one attached hydrogen (secondary N) is 1. The molecule has 4 nitrogen and oxygen atoms in total. The van der Waals surface area contributed by atoms with Gasteiger partial charge in [-0.25, -0.2) is 4.98 Å². The first-order chi connectivity index (χ1) is 12.7. The minimum Gasteiger partial charge on any atom is -0.440 e. The number of rotatable bonds is 3. The Kier molecular flexibility index (Phi) is 4.89. The number of piperidine rings is 1. The van der Waals surface area contributed by atoms with Crippen molar-refractivity contribution in [3.05, 3.63) is 60.0 Å². The summed E-state index contributed by atoms with van der Waals surface area (Å²) in [5.41, 5.74) is 4.20. The molecule has 1 saturated heterocycles. The zero-order chi connectivity index (χ0) is 17.9. The molecule has 1 aromatic heterocycles. The number of benzene rings is 2. The van der Waals surface area contributed by atoms with Crippen molar-refractivity contribution in [3.63, 3.8) is 0 Å². The molecule has 0 aliphatic carbocycles. The number of oxazole rings is 1. The Morgan fingerprint density at radius 3 is 2.58 bits per heavy atom. The monoisotopic (exact) mass is 365 g/mol. The van der Waals surface area contributed by atoms with Crippen LogP contribution in [0, 0.1) is 0 Å². The largest absolute Gasteiger partial charge is 0.440 e. The van der Waals surface area contributed by atoms with Crippen molar-refractivity contribution in [2.75, 3.05) is 18.4 Å². The van der Waals surface area contributed by atoms with Gasteiger partial charge in [0.25, 0.3) is 0 Å². The van der Waals surface area contributed by atoms with Crippen molar-refractivity contribution >= 4 is 34.1 Å². The summed E-state index contributed by atoms with van der Waals surface area (Å²) >= 11 is 5.60. The van der Waals surface area contributed by atoms with E-state index in [9.17, 15) is 0 Å². The first kappa shape index (κ1) is 17.0. The highest BCUT2D eigenvalue weighted by Gasteiger charge is 2.25. The molecular formula is C21H23N3OS. The van der Waals surface area contributed by atoms with E-state index in [4.69, 9.17) is 16.6 Å². The van der Waals surface area contributed by atoms with Gasteiger partial charge in [-0.15, -0.1) is 0 Å². The summed E-state index contributed by atoms with van der Waals surface area (Å²) in [7, 11) is 0. The van der Waals surface area contributed by atoms with E-state index in [0.29, 0.717) is 5.92 Å². The van der Waals surface area contributed by atoms with Crippen LogP contribution in [0.25, 0.3) is 11.1 Å². The van der Waals surface area contributed by atoms with Gasteiger partial charge in [-0.1, -0.05) is 31.2 Å². The van der Waals surface area contributed by atoms with Gasteiger partial charge in [0.2, 0.25) is 0 Å². The van der Waals surface area contributed by atoms with Crippen molar-refractivity contribution in [2.24, 2.45) is 0 Å². The summed E-state index contributed by atoms with van der Waals surface area (Å²) < 4.78 is 5.94. The molecule has 2 heterocycles. The van der Waals surface area contributed by atoms with Gasteiger partial charge in [-0.05, 0) is 61.3 Å². The quantitative estimate of drug-likeness (QED) is 0.664. The van der Waals surface area contributed by atoms with Crippen molar-refractivity contribution in [1.82, 2.24) is 9.88 Å². The van der Waals surface area contributed by atoms with Crippen LogP contribution in [0.1, 0.15) is 37.1 Å². The van der Waals surface area contributed by atoms with Crippen molar-refractivity contribution in [3.8, 4) is 0 Å². The van der Waals surface area contributed by atoms with Gasteiger partial charge in [0.05, 0.1) is 0 Å². The van der Waals surface area contributed by atoms with E-state index in [-0.39, 0.29) is 0 Å². The highest BCUT2D eigenvalue weighted by Crippen LogP contribution is 2.30. The lowest BCUT2D eigenvalue weighted by Gasteiger charge is -2.32. The molecule has 0 spiro atoms. The Balaban J connectivity index is 1.35. The highest BCUT2D eigenvalue weighted by atomic mass is 32.1. The molecule has 2 aromatic carbocycles. The normalized spacial score (nSPS) is 15.3. The molecule has 134 valence electrons. The van der Waals surface area contributed by atoms with E-state index in [1.807, 2.05) is 24.3 Å². The van der Waals surface area contributed by atoms with Crippen LogP contribution in [0.2, 0.25) is 0 Å². The van der Waals surface area contributed by atoms with Gasteiger partial charge >= 0.3 is 0 Å². The third-order valence-electron chi connectivity index (χ3n) is 5.06. The predicted octanol–water partition coefficient (Wildman–Crippen LogP) is 4.97. The van der Waals surface area contributed by atoms with Crippen LogP contribution in [0.15, 0.2) is 52.9 Å². The molecule has 0 saturated carbocycles. The molecule has 1 aliphatic rings. The van der Waals surface area contributed by atoms with Gasteiger partial charge in [0.1, 0.15) is 5.52 Å². The Labute approximate surface area is 159 Å². The lowest BCUT2D eigenvalue weighted by molar-refractivity contribution is 0.290. The number of para-hydroxylation sites is 2. The molecule has 3 aromatic rings. The van der Waals surface area contributed by atoms with Crippen LogP contribution in [0.4, 0.5) is 5.69 Å². The minimum atomic E-state index is 0.366. The van der Waals surface area contributed by atoms with Crippen LogP contribution < -0.4 is 5.32 Å². The SMILES string of the molecule is CCc1ccc(NC(=S)N2CCC(c3nc4ccccc4o3)CC2)cc1. The molecule has 1 aliphatic heterocycles. The fraction of sp³-hybridized carbons (Fsp3) is 0.333. The number of nitrogens with zero attached hydrogens (tertiary/aromatic N) is 2. The van der Waals surface area contributed by atoms with E-state index in [2.05, 4.69) is 46.4 Å². The molecule has 0 bridgehead atoms. The summed E-state index contributed by atoms with van der Waals surface area (Å²) in [6.45, 7) is 4.00. The molecule has 0 unspecified atom stereocenters. The lowest BCUT2D eigenvalue weighted by Crippen LogP contribution is -2.40. The number of thiocarbonyl (C=S) groups is 1. The van der Waals surface area contributed by atoms with Gasteiger partial charge in [0, 0.05) is 24.7 Å². The molecule has 0 amide bonds. The number of hydrogen-bond donors (Lipinski definition) is 1. The topological polar surface area (TPSA) is 41.3 Å². The van der Waals surface area contributed by atoms with Crippen LogP contribution in [-0.2, 0) is 6.42 Å². The van der Waals surface area contributed by atoms with Crippen molar-refractivity contribution < 1.29 is 4.42 Å². The Hall–Kier alpha value is -2.40. The first-order valence-electron chi connectivity index (χ1n) is 9.23. The molecule has 0 radical (unpaired) electrons. The fourth-order valence-corrected chi connectivity index (χ4v) is 3.72. The Morgan fingerprint density at radius 1 is 1.15 bits per heavy atom. The van der Waals surface area contributed by atoms with Crippen LogP contribution in [0.5, 0.6) is 0 Å². The maximum absolute atomic E-state index is 5.94. The smallest absolute Gasteiger partial charge is 0.198 e. The number of fused-ring (bicyclic) bond motifs is 1. The lowest BCUT2D eigenvalue weighted by atomic mass is 9.97. The number of aryl methyl sites for hydroxylation is 1. The summed E-state index contributed by atoms with van der Waals surface area (Å²) in [4.78, 5) is 6.89. The standard InChI is InChI=1S/C21H23N3OS/c1-2-15-7-9-17(10-8-15)22-21(26)24-13-11-16(12-14-24)20-23-18-5-3-4-6-19(18)25-20/h3-10,16H,2,11-14H2,1H3,(H,22,26). The average molecular weight is 366 g/mol. The van der Waals surface area contributed by atoms with E-state index in [1.54, 1.807) is 0 Å². The highest BCUT2D eigenvalue weighted by molar-refractivity contribution is 7.80. The molecule has 4 rings (SSSR count). The Morgan fingerprint density at radius 2 is 1.88 bits per heavy atom. The Bertz CT molecular complexity index is 862. The first-order valence-corrected chi connectivity index (χ1v) is 9.64. The van der Waals surface area contributed by atoms with Crippen molar-refractivity contribution in [1.29, 1.82) is 0 Å². The van der Waals surface area contributed by atoms with Gasteiger partial charge in [-0.2, -0.15) is 0 Å². The summed E-state index contributed by atoms with van der Waals surface area (Å²) in [5.74, 6) is 1.23. The second-order valence-corrected chi connectivity index (χ2v) is 7.15. The average Bonchev–Trinajstić information content (AvgIpc) is 3.13. The van der Waals surface area contributed by atoms with Gasteiger partial charge in [-0.3, -0.25) is 0 Å². The van der Waals surface area contributed by atoms with E-state index >= 15 is 0 Å². The van der Waals surface area contributed by atoms with E-state index < -0.39 is 0 Å². The maximum atomic E-state index is 5.94. The number of hydrogen-bond acceptors (Lipinski definition) is 3. The summed E-state index contributed by atoms with van der Waals surface area (Å²) in [5, 5.41) is 4.15. The van der Waals surface area contributed by atoms with E-state index in [0.717, 1.165) is 60.1 Å². The third kappa shape index (κ3) is 3.58. The third-order valence-corrected chi connectivity index (χ3v) is 5.42. The zero-order valence-corrected chi connectivity index (χ0v) is 15.8. The van der Waals surface area contributed by atoms with E-state index in [1.165, 1.54) is 5.56 Å². The molecule has 0 atom stereocenters. The number of anilines is 1.